The van der Waals surface area contributed by atoms with Gasteiger partial charge in [0, 0.05) is 17.7 Å². The Morgan fingerprint density at radius 1 is 1.00 bits per heavy atom. The topological polar surface area (TPSA) is 114 Å². The Morgan fingerprint density at radius 2 is 1.73 bits per heavy atom. The number of hydrogen-bond acceptors (Lipinski definition) is 7. The van der Waals surface area contributed by atoms with E-state index in [1.807, 2.05) is 31.2 Å². The molecule has 0 spiro atoms. The Balaban J connectivity index is 1.59. The molecular weight excluding hydrogens is 522 g/mol. The number of aliphatic hydroxyl groups is 1. The van der Waals surface area contributed by atoms with Crippen molar-refractivity contribution in [3.8, 4) is 17.2 Å². The van der Waals surface area contributed by atoms with Crippen molar-refractivity contribution >= 4 is 34.4 Å². The van der Waals surface area contributed by atoms with E-state index in [1.165, 1.54) is 19.1 Å². The molecule has 0 radical (unpaired) electrons. The van der Waals surface area contributed by atoms with Crippen molar-refractivity contribution in [1.29, 1.82) is 0 Å². The van der Waals surface area contributed by atoms with E-state index in [2.05, 4.69) is 16.9 Å². The third kappa shape index (κ3) is 5.35. The average Bonchev–Trinajstić information content (AvgIpc) is 3.51. The van der Waals surface area contributed by atoms with Crippen LogP contribution in [0.25, 0.3) is 16.8 Å². The summed E-state index contributed by atoms with van der Waals surface area (Å²) < 4.78 is 16.6. The molecule has 0 saturated carbocycles. The smallest absolute Gasteiger partial charge is 0.302 e. The van der Waals surface area contributed by atoms with Crippen LogP contribution in [0.2, 0.25) is 0 Å². The normalized spacial score (nSPS) is 16.4. The van der Waals surface area contributed by atoms with E-state index in [0.29, 0.717) is 46.0 Å². The third-order valence-electron chi connectivity index (χ3n) is 7.15. The van der Waals surface area contributed by atoms with Gasteiger partial charge in [0.05, 0.1) is 43.5 Å². The lowest BCUT2D eigenvalue weighted by Crippen LogP contribution is -2.30. The number of fused-ring (bicyclic) bond motifs is 1. The maximum absolute atomic E-state index is 13.6. The van der Waals surface area contributed by atoms with E-state index >= 15 is 0 Å². The largest absolute Gasteiger partial charge is 0.507 e. The molecule has 1 fully saturated rings. The van der Waals surface area contributed by atoms with Gasteiger partial charge in [0.1, 0.15) is 11.5 Å². The van der Waals surface area contributed by atoms with Crippen LogP contribution < -0.4 is 19.1 Å². The van der Waals surface area contributed by atoms with E-state index in [0.717, 1.165) is 24.8 Å². The molecular formula is C32H33N3O6. The van der Waals surface area contributed by atoms with E-state index in [1.54, 1.807) is 36.4 Å². The number of nitrogens with one attached hydrogen (secondary N) is 1. The second-order valence-electron chi connectivity index (χ2n) is 9.95. The van der Waals surface area contributed by atoms with Gasteiger partial charge in [0.2, 0.25) is 5.95 Å². The van der Waals surface area contributed by atoms with Gasteiger partial charge < -0.3 is 24.3 Å². The first-order valence-corrected chi connectivity index (χ1v) is 13.6. The molecule has 0 bridgehead atoms. The highest BCUT2D eigenvalue weighted by Crippen LogP contribution is 2.42. The number of aryl methyl sites for hydroxylation is 1. The predicted octanol–water partition coefficient (Wildman–Crippen LogP) is 6.08. The summed E-state index contributed by atoms with van der Waals surface area (Å²) in [7, 11) is 3.06. The Morgan fingerprint density at radius 3 is 2.41 bits per heavy atom. The lowest BCUT2D eigenvalue weighted by atomic mass is 9.94. The molecule has 41 heavy (non-hydrogen) atoms. The van der Waals surface area contributed by atoms with E-state index in [-0.39, 0.29) is 17.3 Å². The van der Waals surface area contributed by atoms with E-state index in [9.17, 15) is 14.7 Å². The Kier molecular flexibility index (Phi) is 7.96. The number of carbonyl (C=O) groups is 2. The minimum Gasteiger partial charge on any atom is -0.507 e. The molecule has 212 valence electrons. The number of amides is 1. The number of benzene rings is 3. The maximum Gasteiger partial charge on any atom is 0.302 e. The van der Waals surface area contributed by atoms with Crippen molar-refractivity contribution in [1.82, 2.24) is 9.97 Å². The molecule has 1 aliphatic heterocycles. The molecule has 1 aliphatic rings. The number of aromatic nitrogens is 2. The molecule has 3 aromatic carbocycles. The van der Waals surface area contributed by atoms with Crippen molar-refractivity contribution in [2.75, 3.05) is 25.7 Å². The van der Waals surface area contributed by atoms with Gasteiger partial charge in [-0.1, -0.05) is 49.6 Å². The van der Waals surface area contributed by atoms with Crippen LogP contribution in [0.3, 0.4) is 0 Å². The van der Waals surface area contributed by atoms with Crippen LogP contribution in [-0.4, -0.2) is 47.6 Å². The number of nitrogens with zero attached hydrogens (tertiary/aromatic N) is 2. The second kappa shape index (κ2) is 11.8. The quantitative estimate of drug-likeness (QED) is 0.105. The molecule has 1 unspecified atom stereocenters. The van der Waals surface area contributed by atoms with Gasteiger partial charge >= 0.3 is 5.91 Å². The number of ether oxygens (including phenoxy) is 3. The zero-order chi connectivity index (χ0) is 29.1. The number of imidazole rings is 1. The van der Waals surface area contributed by atoms with Gasteiger partial charge in [0.15, 0.2) is 11.5 Å². The van der Waals surface area contributed by atoms with Gasteiger partial charge in [-0.3, -0.25) is 14.5 Å². The number of carbonyl (C=O) groups excluding carboxylic acids is 2. The predicted molar refractivity (Wildman–Crippen MR) is 157 cm³/mol. The summed E-state index contributed by atoms with van der Waals surface area (Å²) >= 11 is 0. The summed E-state index contributed by atoms with van der Waals surface area (Å²) in [4.78, 5) is 36.2. The minimum absolute atomic E-state index is 0.0205. The molecule has 1 amide bonds. The number of hydrogen-bond donors (Lipinski definition) is 2. The number of aromatic amines is 1. The van der Waals surface area contributed by atoms with Gasteiger partial charge in [-0.25, -0.2) is 4.98 Å². The fourth-order valence-corrected chi connectivity index (χ4v) is 5.05. The minimum atomic E-state index is -0.913. The van der Waals surface area contributed by atoms with Gasteiger partial charge in [-0.15, -0.1) is 0 Å². The van der Waals surface area contributed by atoms with E-state index < -0.39 is 17.7 Å². The van der Waals surface area contributed by atoms with Crippen molar-refractivity contribution in [3.05, 3.63) is 82.9 Å². The summed E-state index contributed by atoms with van der Waals surface area (Å²) in [6, 6.07) is 16.9. The number of Topliss-reactive ketones (excluding diaryl/α,β-unsaturated/α-hetero) is 1. The van der Waals surface area contributed by atoms with Crippen molar-refractivity contribution in [3.63, 3.8) is 0 Å². The fourth-order valence-electron chi connectivity index (χ4n) is 5.05. The van der Waals surface area contributed by atoms with Crippen molar-refractivity contribution < 1.29 is 28.9 Å². The monoisotopic (exact) mass is 555 g/mol. The van der Waals surface area contributed by atoms with Crippen LogP contribution in [0.5, 0.6) is 17.2 Å². The summed E-state index contributed by atoms with van der Waals surface area (Å²) in [5, 5.41) is 11.5. The average molecular weight is 556 g/mol. The Hall–Kier alpha value is -4.79. The highest BCUT2D eigenvalue weighted by molar-refractivity contribution is 6.51. The van der Waals surface area contributed by atoms with E-state index in [4.69, 9.17) is 14.2 Å². The molecule has 2 N–H and O–H groups in total. The Bertz CT molecular complexity index is 1580. The van der Waals surface area contributed by atoms with Gasteiger partial charge in [0.25, 0.3) is 5.78 Å². The molecule has 1 aromatic heterocycles. The summed E-state index contributed by atoms with van der Waals surface area (Å²) in [5.74, 6) is -0.0653. The third-order valence-corrected chi connectivity index (χ3v) is 7.15. The number of rotatable bonds is 10. The number of unbranched alkanes of at least 4 members (excludes halogenated alkanes) is 2. The van der Waals surface area contributed by atoms with Gasteiger partial charge in [-0.05, 0) is 43.2 Å². The fraction of sp³-hybridized carbons (Fsp3) is 0.281. The summed E-state index contributed by atoms with van der Waals surface area (Å²) in [5.41, 5.74) is 3.11. The molecule has 0 aliphatic carbocycles. The number of aliphatic hydroxyl groups excluding tert-OH is 1. The van der Waals surface area contributed by atoms with Crippen LogP contribution >= 0.6 is 0 Å². The molecule has 4 aromatic rings. The molecule has 5 rings (SSSR count). The number of H-pyrrole nitrogens is 1. The molecule has 2 heterocycles. The molecule has 1 atom stereocenters. The standard InChI is InChI=1S/C32H33N3O6/c1-5-6-7-15-41-22-13-11-20(12-14-22)29(36)27-28(21-10-8-9-19(2)16-21)35(31(38)30(27)37)32-33-23-17-25(39-3)26(40-4)18-24(23)34-32/h8-14,16-18,28,36H,5-7,15H2,1-4H3,(H,33,34)/b29-27+. The summed E-state index contributed by atoms with van der Waals surface area (Å²) in [6.07, 6.45) is 3.15. The van der Waals surface area contributed by atoms with Crippen LogP contribution in [0.15, 0.2) is 66.2 Å². The zero-order valence-electron chi connectivity index (χ0n) is 23.6. The van der Waals surface area contributed by atoms with Crippen molar-refractivity contribution in [2.24, 2.45) is 0 Å². The SMILES string of the molecule is CCCCCOc1ccc(/C(O)=C2\C(=O)C(=O)N(c3nc4cc(OC)c(OC)cc4[nH]3)C2c2cccc(C)c2)cc1. The first kappa shape index (κ1) is 27.8. The highest BCUT2D eigenvalue weighted by atomic mass is 16.5. The van der Waals surface area contributed by atoms with Crippen molar-refractivity contribution in [2.45, 2.75) is 39.2 Å². The number of ketones is 1. The molecule has 9 heteroatoms. The van der Waals surface area contributed by atoms with Crippen LogP contribution in [0.4, 0.5) is 5.95 Å². The first-order chi connectivity index (χ1) is 19.9. The Labute approximate surface area is 238 Å². The number of anilines is 1. The summed E-state index contributed by atoms with van der Waals surface area (Å²) in [6.45, 7) is 4.66. The maximum atomic E-state index is 13.6. The van der Waals surface area contributed by atoms with Crippen LogP contribution in [0.1, 0.15) is 48.9 Å². The lowest BCUT2D eigenvalue weighted by molar-refractivity contribution is -0.132. The number of methoxy groups -OCH3 is 2. The van der Waals surface area contributed by atoms with Crippen LogP contribution in [0, 0.1) is 6.92 Å². The second-order valence-corrected chi connectivity index (χ2v) is 9.95. The van der Waals surface area contributed by atoms with Crippen LogP contribution in [-0.2, 0) is 9.59 Å². The molecule has 1 saturated heterocycles. The van der Waals surface area contributed by atoms with Gasteiger partial charge in [-0.2, -0.15) is 0 Å². The first-order valence-electron chi connectivity index (χ1n) is 13.6. The molecule has 9 nitrogen and oxygen atoms in total. The zero-order valence-corrected chi connectivity index (χ0v) is 23.6. The lowest BCUT2D eigenvalue weighted by Gasteiger charge is -2.23. The highest BCUT2D eigenvalue weighted by Gasteiger charge is 2.48.